The van der Waals surface area contributed by atoms with Crippen LogP contribution in [0.4, 0.5) is 5.69 Å². The highest BCUT2D eigenvalue weighted by molar-refractivity contribution is 6.30. The first kappa shape index (κ1) is 15.3. The van der Waals surface area contributed by atoms with Crippen LogP contribution < -0.4 is 0 Å². The summed E-state index contributed by atoms with van der Waals surface area (Å²) in [7, 11) is 0. The van der Waals surface area contributed by atoms with Crippen molar-refractivity contribution in [3.63, 3.8) is 0 Å². The van der Waals surface area contributed by atoms with E-state index >= 15 is 0 Å². The molecule has 3 N–H and O–H groups in total. The lowest BCUT2D eigenvalue weighted by atomic mass is 10.0. The molecule has 19 heavy (non-hydrogen) atoms. The minimum atomic E-state index is -1.67. The number of halogens is 1. The molecule has 2 atom stereocenters. The Morgan fingerprint density at radius 3 is 2.63 bits per heavy atom. The predicted molar refractivity (Wildman–Crippen MR) is 63.9 cm³/mol. The van der Waals surface area contributed by atoms with Crippen LogP contribution in [-0.2, 0) is 4.79 Å². The van der Waals surface area contributed by atoms with Gasteiger partial charge < -0.3 is 15.3 Å². The quantitative estimate of drug-likeness (QED) is 0.415. The number of hydrogen-bond acceptors (Lipinski definition) is 6. The summed E-state index contributed by atoms with van der Waals surface area (Å²) in [4.78, 5) is 24.1. The van der Waals surface area contributed by atoms with E-state index in [9.17, 15) is 25.1 Å². The average molecular weight is 291 g/mol. The van der Waals surface area contributed by atoms with Gasteiger partial charge >= 0.3 is 5.97 Å². The van der Waals surface area contributed by atoms with Gasteiger partial charge in [0.25, 0.3) is 5.69 Å². The zero-order chi connectivity index (χ0) is 14.7. The van der Waals surface area contributed by atoms with Crippen LogP contribution in [0.25, 0.3) is 0 Å². The molecule has 104 valence electrons. The average Bonchev–Trinajstić information content (AvgIpc) is 2.26. The molecule has 1 heterocycles. The fraction of sp³-hybridized carbons (Fsp3) is 0.400. The van der Waals surface area contributed by atoms with Crippen LogP contribution in [0.15, 0.2) is 6.07 Å². The molecule has 0 bridgehead atoms. The summed E-state index contributed by atoms with van der Waals surface area (Å²) < 4.78 is 0. The number of aliphatic hydroxyl groups is 2. The number of carboxylic acids is 1. The van der Waals surface area contributed by atoms with Crippen molar-refractivity contribution in [1.29, 1.82) is 0 Å². The lowest BCUT2D eigenvalue weighted by molar-refractivity contribution is -0.385. The van der Waals surface area contributed by atoms with Gasteiger partial charge in [-0.05, 0) is 6.92 Å². The molecular weight excluding hydrogens is 280 g/mol. The molecule has 0 spiro atoms. The number of nitrogens with zero attached hydrogens (tertiary/aromatic N) is 2. The summed E-state index contributed by atoms with van der Waals surface area (Å²) in [5, 5.41) is 38.3. The molecule has 0 aliphatic heterocycles. The summed E-state index contributed by atoms with van der Waals surface area (Å²) in [5.41, 5.74) is -0.507. The van der Waals surface area contributed by atoms with E-state index in [0.717, 1.165) is 6.07 Å². The van der Waals surface area contributed by atoms with Gasteiger partial charge in [0.1, 0.15) is 17.0 Å². The molecule has 0 fully saturated rings. The van der Waals surface area contributed by atoms with Crippen molar-refractivity contribution >= 4 is 23.3 Å². The zero-order valence-electron chi connectivity index (χ0n) is 9.78. The maximum absolute atomic E-state index is 10.7. The third-order valence-corrected chi connectivity index (χ3v) is 2.73. The molecule has 0 saturated carbocycles. The molecule has 1 aromatic rings. The first-order valence-electron chi connectivity index (χ1n) is 5.13. The predicted octanol–water partition coefficient (Wildman–Crippen LogP) is 0.821. The van der Waals surface area contributed by atoms with E-state index in [2.05, 4.69) is 4.98 Å². The Morgan fingerprint density at radius 1 is 1.58 bits per heavy atom. The van der Waals surface area contributed by atoms with E-state index in [1.165, 1.54) is 6.92 Å². The summed E-state index contributed by atoms with van der Waals surface area (Å²) in [6, 6.07) is 0.973. The van der Waals surface area contributed by atoms with Crippen molar-refractivity contribution < 1.29 is 25.0 Å². The molecule has 2 unspecified atom stereocenters. The highest BCUT2D eigenvalue weighted by atomic mass is 35.5. The van der Waals surface area contributed by atoms with Crippen LogP contribution >= 0.6 is 11.6 Å². The van der Waals surface area contributed by atoms with E-state index in [-0.39, 0.29) is 22.1 Å². The van der Waals surface area contributed by atoms with Crippen molar-refractivity contribution in [1.82, 2.24) is 4.98 Å². The van der Waals surface area contributed by atoms with E-state index in [1.54, 1.807) is 0 Å². The first-order valence-corrected chi connectivity index (χ1v) is 5.51. The van der Waals surface area contributed by atoms with Gasteiger partial charge in [0.15, 0.2) is 0 Å². The minimum absolute atomic E-state index is 0.0543. The fourth-order valence-electron chi connectivity index (χ4n) is 1.47. The van der Waals surface area contributed by atoms with Crippen LogP contribution in [0.5, 0.6) is 0 Å². The highest BCUT2D eigenvalue weighted by Gasteiger charge is 2.27. The van der Waals surface area contributed by atoms with Crippen LogP contribution in [-0.4, -0.2) is 37.3 Å². The third-order valence-electron chi connectivity index (χ3n) is 2.43. The lowest BCUT2D eigenvalue weighted by Gasteiger charge is -2.17. The van der Waals surface area contributed by atoms with Gasteiger partial charge in [-0.25, -0.2) is 4.98 Å². The number of carbonyl (C=O) groups is 1. The number of aliphatic hydroxyl groups excluding tert-OH is 2. The molecule has 0 aliphatic carbocycles. The zero-order valence-corrected chi connectivity index (χ0v) is 10.5. The number of aliphatic carboxylic acids is 1. The highest BCUT2D eigenvalue weighted by Crippen LogP contribution is 2.30. The number of pyridine rings is 1. The lowest BCUT2D eigenvalue weighted by Crippen LogP contribution is -2.22. The molecule has 1 aromatic heterocycles. The Labute approximate surface area is 112 Å². The van der Waals surface area contributed by atoms with E-state index in [4.69, 9.17) is 16.7 Å². The number of aryl methyl sites for hydroxylation is 1. The first-order chi connectivity index (χ1) is 8.73. The van der Waals surface area contributed by atoms with Crippen molar-refractivity contribution in [2.24, 2.45) is 0 Å². The van der Waals surface area contributed by atoms with Gasteiger partial charge in [0.05, 0.1) is 17.4 Å². The summed E-state index contributed by atoms with van der Waals surface area (Å²) in [6.45, 7) is 1.37. The molecule has 8 nitrogen and oxygen atoms in total. The molecular formula is C10H11ClN2O6. The van der Waals surface area contributed by atoms with Crippen LogP contribution in [0, 0.1) is 17.0 Å². The Kier molecular flexibility index (Phi) is 4.76. The molecule has 1 rings (SSSR count). The Bertz CT molecular complexity index is 521. The Balaban J connectivity index is 3.15. The van der Waals surface area contributed by atoms with Crippen molar-refractivity contribution in [2.45, 2.75) is 25.6 Å². The second-order valence-electron chi connectivity index (χ2n) is 3.84. The largest absolute Gasteiger partial charge is 0.481 e. The number of hydrogen-bond donors (Lipinski definition) is 3. The number of nitro groups is 1. The molecule has 0 aromatic carbocycles. The van der Waals surface area contributed by atoms with Gasteiger partial charge in [-0.15, -0.1) is 0 Å². The number of carboxylic acid groups (broad SMARTS) is 1. The normalized spacial score (nSPS) is 13.9. The van der Waals surface area contributed by atoms with Crippen molar-refractivity contribution in [2.75, 3.05) is 0 Å². The van der Waals surface area contributed by atoms with Gasteiger partial charge in [0, 0.05) is 11.6 Å². The van der Waals surface area contributed by atoms with E-state index in [1.807, 2.05) is 0 Å². The standard InChI is InChI=1S/C10H11ClN2O6/c1-4-6(13(18)19)2-5(10(11)12-4)9(17)7(14)3-8(15)16/h2,7,9,14,17H,3H2,1H3,(H,15,16). The van der Waals surface area contributed by atoms with Crippen molar-refractivity contribution in [3.05, 3.63) is 32.6 Å². The fourth-order valence-corrected chi connectivity index (χ4v) is 1.76. The van der Waals surface area contributed by atoms with E-state index in [0.29, 0.717) is 0 Å². The van der Waals surface area contributed by atoms with Gasteiger partial charge in [0.2, 0.25) is 0 Å². The topological polar surface area (TPSA) is 134 Å². The summed E-state index contributed by atoms with van der Waals surface area (Å²) in [6.07, 6.45) is -4.03. The van der Waals surface area contributed by atoms with Gasteiger partial charge in [-0.3, -0.25) is 14.9 Å². The molecule has 9 heteroatoms. The Morgan fingerprint density at radius 2 is 2.16 bits per heavy atom. The number of rotatable bonds is 5. The molecule has 0 saturated heterocycles. The molecule has 0 aliphatic rings. The second-order valence-corrected chi connectivity index (χ2v) is 4.20. The van der Waals surface area contributed by atoms with Crippen LogP contribution in [0.3, 0.4) is 0 Å². The minimum Gasteiger partial charge on any atom is -0.481 e. The van der Waals surface area contributed by atoms with Crippen molar-refractivity contribution in [3.8, 4) is 0 Å². The second kappa shape index (κ2) is 5.91. The van der Waals surface area contributed by atoms with Crippen LogP contribution in [0.1, 0.15) is 23.8 Å². The summed E-state index contributed by atoms with van der Waals surface area (Å²) >= 11 is 5.73. The third kappa shape index (κ3) is 3.60. The molecule has 0 amide bonds. The maximum Gasteiger partial charge on any atom is 0.306 e. The smallest absolute Gasteiger partial charge is 0.306 e. The maximum atomic E-state index is 10.7. The Hall–Kier alpha value is -1.77. The van der Waals surface area contributed by atoms with E-state index < -0.39 is 29.5 Å². The van der Waals surface area contributed by atoms with Gasteiger partial charge in [-0.1, -0.05) is 11.6 Å². The monoisotopic (exact) mass is 290 g/mol. The van der Waals surface area contributed by atoms with Gasteiger partial charge in [-0.2, -0.15) is 0 Å². The summed E-state index contributed by atoms with van der Waals surface area (Å²) in [5.74, 6) is -1.32. The SMILES string of the molecule is Cc1nc(Cl)c(C(O)C(O)CC(=O)O)cc1[N+](=O)[O-]. The molecule has 0 radical (unpaired) electrons. The van der Waals surface area contributed by atoms with Crippen LogP contribution in [0.2, 0.25) is 5.15 Å². The number of aromatic nitrogens is 1.